The van der Waals surface area contributed by atoms with Crippen molar-refractivity contribution in [2.45, 2.75) is 6.04 Å². The Bertz CT molecular complexity index is 926. The minimum absolute atomic E-state index is 0.139. The molecule has 148 valence electrons. The molecule has 1 saturated heterocycles. The largest absolute Gasteiger partial charge is 0.378 e. The van der Waals surface area contributed by atoms with E-state index in [4.69, 9.17) is 16.3 Å². The molecule has 0 saturated carbocycles. The Kier molecular flexibility index (Phi) is 5.97. The Morgan fingerprint density at radius 1 is 1.07 bits per heavy atom. The van der Waals surface area contributed by atoms with E-state index in [1.807, 2.05) is 53.4 Å². The van der Waals surface area contributed by atoms with Crippen molar-refractivity contribution in [2.75, 3.05) is 31.2 Å². The van der Waals surface area contributed by atoms with Gasteiger partial charge in [0.15, 0.2) is 5.69 Å². The lowest BCUT2D eigenvalue weighted by Crippen LogP contribution is -2.38. The van der Waals surface area contributed by atoms with Crippen LogP contribution in [0.5, 0.6) is 0 Å². The van der Waals surface area contributed by atoms with Crippen LogP contribution < -0.4 is 10.2 Å². The number of ether oxygens (including phenoxy) is 1. The molecule has 0 aliphatic carbocycles. The fourth-order valence-electron chi connectivity index (χ4n) is 3.15. The summed E-state index contributed by atoms with van der Waals surface area (Å²) in [6.45, 7) is 2.54. The number of pyridine rings is 1. The first-order valence-electron chi connectivity index (χ1n) is 9.34. The van der Waals surface area contributed by atoms with Gasteiger partial charge in [-0.2, -0.15) is 0 Å². The van der Waals surface area contributed by atoms with E-state index in [2.05, 4.69) is 20.3 Å². The molecule has 2 aromatic heterocycles. The highest BCUT2D eigenvalue weighted by molar-refractivity contribution is 6.33. The standard InChI is InChI=1S/C21H20ClN5O2/c22-16-14-24-21(27-10-12-29-13-11-27)26-19(16)20(28)25-18(15-6-2-1-3-7-15)17-8-4-5-9-23-17/h1-9,14,18H,10-13H2,(H,25,28)/t18-/m0/s1. The Balaban J connectivity index is 1.62. The quantitative estimate of drug-likeness (QED) is 0.698. The Morgan fingerprint density at radius 2 is 1.83 bits per heavy atom. The predicted molar refractivity (Wildman–Crippen MR) is 110 cm³/mol. The van der Waals surface area contributed by atoms with Gasteiger partial charge >= 0.3 is 0 Å². The average Bonchev–Trinajstić information content (AvgIpc) is 2.79. The van der Waals surface area contributed by atoms with Gasteiger partial charge in [0.2, 0.25) is 5.95 Å². The number of carbonyl (C=O) groups excluding carboxylic acids is 1. The second kappa shape index (κ2) is 8.98. The number of nitrogens with zero attached hydrogens (tertiary/aromatic N) is 4. The number of carbonyl (C=O) groups is 1. The second-order valence-electron chi connectivity index (χ2n) is 6.54. The van der Waals surface area contributed by atoms with E-state index in [1.165, 1.54) is 6.20 Å². The number of nitrogens with one attached hydrogen (secondary N) is 1. The molecule has 0 spiro atoms. The molecule has 3 aromatic rings. The SMILES string of the molecule is O=C(N[C@@H](c1ccccc1)c1ccccn1)c1nc(N2CCOCC2)ncc1Cl. The number of morpholine rings is 1. The van der Waals surface area contributed by atoms with Crippen LogP contribution in [0.2, 0.25) is 5.02 Å². The smallest absolute Gasteiger partial charge is 0.272 e. The van der Waals surface area contributed by atoms with Gasteiger partial charge in [-0.25, -0.2) is 9.97 Å². The highest BCUT2D eigenvalue weighted by Crippen LogP contribution is 2.23. The van der Waals surface area contributed by atoms with Gasteiger partial charge < -0.3 is 15.0 Å². The third-order valence-corrected chi connectivity index (χ3v) is 4.91. The summed E-state index contributed by atoms with van der Waals surface area (Å²) in [5.41, 5.74) is 1.78. The van der Waals surface area contributed by atoms with E-state index in [9.17, 15) is 4.79 Å². The molecule has 1 amide bonds. The second-order valence-corrected chi connectivity index (χ2v) is 6.94. The topological polar surface area (TPSA) is 80.2 Å². The molecule has 29 heavy (non-hydrogen) atoms. The van der Waals surface area contributed by atoms with Crippen molar-refractivity contribution in [3.05, 3.63) is 82.9 Å². The highest BCUT2D eigenvalue weighted by Gasteiger charge is 2.23. The Morgan fingerprint density at radius 3 is 2.55 bits per heavy atom. The van der Waals surface area contributed by atoms with E-state index in [1.54, 1.807) is 6.20 Å². The van der Waals surface area contributed by atoms with E-state index in [0.29, 0.717) is 32.3 Å². The van der Waals surface area contributed by atoms with Crippen LogP contribution in [0.1, 0.15) is 27.8 Å². The van der Waals surface area contributed by atoms with E-state index >= 15 is 0 Å². The summed E-state index contributed by atoms with van der Waals surface area (Å²) in [5, 5.41) is 3.22. The van der Waals surface area contributed by atoms with Crippen LogP contribution in [-0.2, 0) is 4.74 Å². The number of benzene rings is 1. The molecule has 8 heteroatoms. The first kappa shape index (κ1) is 19.3. The molecule has 0 unspecified atom stereocenters. The number of rotatable bonds is 5. The monoisotopic (exact) mass is 409 g/mol. The van der Waals surface area contributed by atoms with Gasteiger partial charge in [-0.05, 0) is 17.7 Å². The van der Waals surface area contributed by atoms with Crippen molar-refractivity contribution in [3.63, 3.8) is 0 Å². The molecule has 1 aliphatic heterocycles. The third kappa shape index (κ3) is 4.52. The van der Waals surface area contributed by atoms with Gasteiger partial charge in [0.05, 0.1) is 36.2 Å². The Hall–Kier alpha value is -3.03. The van der Waals surface area contributed by atoms with Gasteiger partial charge in [-0.3, -0.25) is 9.78 Å². The maximum atomic E-state index is 13.1. The lowest BCUT2D eigenvalue weighted by atomic mass is 10.0. The minimum atomic E-state index is -0.428. The van der Waals surface area contributed by atoms with Gasteiger partial charge in [-0.1, -0.05) is 48.0 Å². The third-order valence-electron chi connectivity index (χ3n) is 4.63. The first-order valence-corrected chi connectivity index (χ1v) is 9.72. The lowest BCUT2D eigenvalue weighted by Gasteiger charge is -2.27. The molecule has 0 bridgehead atoms. The van der Waals surface area contributed by atoms with Crippen molar-refractivity contribution < 1.29 is 9.53 Å². The lowest BCUT2D eigenvalue weighted by molar-refractivity contribution is 0.0937. The van der Waals surface area contributed by atoms with Crippen LogP contribution in [0.15, 0.2) is 60.9 Å². The molecule has 7 nitrogen and oxygen atoms in total. The maximum absolute atomic E-state index is 13.1. The average molecular weight is 410 g/mol. The molecule has 1 N–H and O–H groups in total. The van der Waals surface area contributed by atoms with Crippen LogP contribution in [0.4, 0.5) is 5.95 Å². The van der Waals surface area contributed by atoms with Gasteiger partial charge in [-0.15, -0.1) is 0 Å². The molecular weight excluding hydrogens is 390 g/mol. The number of hydrogen-bond acceptors (Lipinski definition) is 6. The summed E-state index contributed by atoms with van der Waals surface area (Å²) in [7, 11) is 0. The predicted octanol–water partition coefficient (Wildman–Crippen LogP) is 2.88. The molecule has 3 heterocycles. The number of hydrogen-bond donors (Lipinski definition) is 1. The highest BCUT2D eigenvalue weighted by atomic mass is 35.5. The molecule has 1 fully saturated rings. The molecule has 1 atom stereocenters. The summed E-state index contributed by atoms with van der Waals surface area (Å²) in [6, 6.07) is 14.8. The van der Waals surface area contributed by atoms with Crippen LogP contribution in [0.25, 0.3) is 0 Å². The van der Waals surface area contributed by atoms with Crippen molar-refractivity contribution in [1.29, 1.82) is 0 Å². The maximum Gasteiger partial charge on any atom is 0.272 e. The van der Waals surface area contributed by atoms with E-state index in [0.717, 1.165) is 11.3 Å². The van der Waals surface area contributed by atoms with E-state index in [-0.39, 0.29) is 16.6 Å². The van der Waals surface area contributed by atoms with Gasteiger partial charge in [0.25, 0.3) is 5.91 Å². The van der Waals surface area contributed by atoms with Crippen molar-refractivity contribution >= 4 is 23.5 Å². The van der Waals surface area contributed by atoms with E-state index < -0.39 is 6.04 Å². The van der Waals surface area contributed by atoms with Crippen molar-refractivity contribution in [3.8, 4) is 0 Å². The van der Waals surface area contributed by atoms with Gasteiger partial charge in [0.1, 0.15) is 0 Å². The fraction of sp³-hybridized carbons (Fsp3) is 0.238. The number of halogens is 1. The van der Waals surface area contributed by atoms with Crippen molar-refractivity contribution in [1.82, 2.24) is 20.3 Å². The summed E-state index contributed by atoms with van der Waals surface area (Å²) in [5.74, 6) is 0.0864. The normalized spacial score (nSPS) is 15.0. The summed E-state index contributed by atoms with van der Waals surface area (Å²) < 4.78 is 5.36. The summed E-state index contributed by atoms with van der Waals surface area (Å²) in [4.78, 5) is 28.2. The van der Waals surface area contributed by atoms with Crippen LogP contribution in [-0.4, -0.2) is 47.2 Å². The fourth-order valence-corrected chi connectivity index (χ4v) is 3.33. The molecule has 1 aliphatic rings. The number of aromatic nitrogens is 3. The van der Waals surface area contributed by atoms with Crippen molar-refractivity contribution in [2.24, 2.45) is 0 Å². The van der Waals surface area contributed by atoms with Crippen LogP contribution in [0.3, 0.4) is 0 Å². The zero-order valence-corrected chi connectivity index (χ0v) is 16.4. The summed E-state index contributed by atoms with van der Waals surface area (Å²) >= 11 is 6.26. The molecule has 0 radical (unpaired) electrons. The zero-order valence-electron chi connectivity index (χ0n) is 15.7. The van der Waals surface area contributed by atoms with Crippen LogP contribution >= 0.6 is 11.6 Å². The first-order chi connectivity index (χ1) is 14.2. The van der Waals surface area contributed by atoms with Crippen LogP contribution in [0, 0.1) is 0 Å². The zero-order chi connectivity index (χ0) is 20.1. The minimum Gasteiger partial charge on any atom is -0.378 e. The number of anilines is 1. The molecular formula is C21H20ClN5O2. The molecule has 4 rings (SSSR count). The number of amides is 1. The summed E-state index contributed by atoms with van der Waals surface area (Å²) in [6.07, 6.45) is 3.16. The van der Waals surface area contributed by atoms with Gasteiger partial charge in [0, 0.05) is 19.3 Å². The Labute approximate surface area is 173 Å². The molecule has 1 aromatic carbocycles.